The predicted octanol–water partition coefficient (Wildman–Crippen LogP) is 4.38. The lowest BCUT2D eigenvalue weighted by atomic mass is 10.2. The summed E-state index contributed by atoms with van der Waals surface area (Å²) in [6.07, 6.45) is 2.32. The Bertz CT molecular complexity index is 583. The second-order valence-electron chi connectivity index (χ2n) is 4.52. The van der Waals surface area contributed by atoms with E-state index in [1.165, 1.54) is 11.3 Å². The molecule has 112 valence electrons. The number of carbonyl (C=O) groups excluding carboxylic acids is 1. The van der Waals surface area contributed by atoms with Crippen LogP contribution in [-0.4, -0.2) is 22.0 Å². The molecule has 21 heavy (non-hydrogen) atoms. The van der Waals surface area contributed by atoms with Gasteiger partial charge in [-0.3, -0.25) is 5.32 Å². The van der Waals surface area contributed by atoms with Crippen molar-refractivity contribution in [1.82, 2.24) is 10.2 Å². The summed E-state index contributed by atoms with van der Waals surface area (Å²) in [5.74, 6) is 1.03. The first-order valence-electron chi connectivity index (χ1n) is 6.78. The quantitative estimate of drug-likeness (QED) is 0.470. The molecule has 1 aromatic heterocycles. The molecule has 0 spiro atoms. The Morgan fingerprint density at radius 1 is 1.24 bits per heavy atom. The number of nitrogens with zero attached hydrogens (tertiary/aromatic N) is 2. The number of hydrogen-bond donors (Lipinski definition) is 2. The Balaban J connectivity index is 1.83. The summed E-state index contributed by atoms with van der Waals surface area (Å²) in [6.45, 7) is 4.16. The van der Waals surface area contributed by atoms with Gasteiger partial charge in [-0.25, -0.2) is 4.79 Å². The van der Waals surface area contributed by atoms with Crippen LogP contribution in [0, 0.1) is 6.92 Å². The predicted molar refractivity (Wildman–Crippen MR) is 89.4 cm³/mol. The molecule has 0 aliphatic rings. The third kappa shape index (κ3) is 5.35. The molecule has 0 saturated heterocycles. The Morgan fingerprint density at radius 3 is 2.71 bits per heavy atom. The maximum atomic E-state index is 11.8. The van der Waals surface area contributed by atoms with Crippen LogP contribution in [0.25, 0.3) is 0 Å². The molecule has 1 heterocycles. The highest BCUT2D eigenvalue weighted by Crippen LogP contribution is 2.26. The average Bonchev–Trinajstić information content (AvgIpc) is 2.89. The number of thioether (sulfide) groups is 1. The highest BCUT2D eigenvalue weighted by atomic mass is 32.2. The molecule has 2 N–H and O–H groups in total. The second-order valence-corrected chi connectivity index (χ2v) is 6.84. The number of carbonyl (C=O) groups is 1. The van der Waals surface area contributed by atoms with Crippen molar-refractivity contribution in [2.24, 2.45) is 0 Å². The highest BCUT2D eigenvalue weighted by Gasteiger charge is 2.08. The summed E-state index contributed by atoms with van der Waals surface area (Å²) in [7, 11) is 0. The van der Waals surface area contributed by atoms with E-state index in [0.717, 1.165) is 34.2 Å². The van der Waals surface area contributed by atoms with Crippen molar-refractivity contribution in [3.63, 3.8) is 0 Å². The molecule has 2 aromatic rings. The smallest absolute Gasteiger partial charge is 0.308 e. The van der Waals surface area contributed by atoms with Crippen LogP contribution in [0.5, 0.6) is 0 Å². The zero-order valence-electron chi connectivity index (χ0n) is 12.0. The standard InChI is InChI=1S/C14H18N4OS2/c1-3-4-9-20-14-18-17-13(21-14)16-12(19)15-11-7-5-10(2)6-8-11/h5-8H,3-4,9H2,1-2H3,(H2,15,16,17,19). The van der Waals surface area contributed by atoms with Crippen molar-refractivity contribution in [2.75, 3.05) is 16.4 Å². The summed E-state index contributed by atoms with van der Waals surface area (Å²) in [5, 5.41) is 14.0. The lowest BCUT2D eigenvalue weighted by Crippen LogP contribution is -2.19. The molecule has 0 atom stereocenters. The Labute approximate surface area is 132 Å². The number of unbranched alkanes of at least 4 members (excludes halogenated alkanes) is 1. The average molecular weight is 322 g/mol. The van der Waals surface area contributed by atoms with Gasteiger partial charge in [0.2, 0.25) is 5.13 Å². The van der Waals surface area contributed by atoms with Gasteiger partial charge in [-0.2, -0.15) is 0 Å². The van der Waals surface area contributed by atoms with Gasteiger partial charge in [0.15, 0.2) is 4.34 Å². The van der Waals surface area contributed by atoms with Crippen LogP contribution in [0.2, 0.25) is 0 Å². The molecule has 0 saturated carbocycles. The molecule has 0 bridgehead atoms. The monoisotopic (exact) mass is 322 g/mol. The zero-order chi connectivity index (χ0) is 15.1. The van der Waals surface area contributed by atoms with Crippen molar-refractivity contribution < 1.29 is 4.79 Å². The topological polar surface area (TPSA) is 66.9 Å². The maximum absolute atomic E-state index is 11.8. The maximum Gasteiger partial charge on any atom is 0.325 e. The van der Waals surface area contributed by atoms with Crippen LogP contribution in [0.15, 0.2) is 28.6 Å². The van der Waals surface area contributed by atoms with Gasteiger partial charge in [-0.1, -0.05) is 54.1 Å². The van der Waals surface area contributed by atoms with Crippen molar-refractivity contribution >= 4 is 39.9 Å². The van der Waals surface area contributed by atoms with Gasteiger partial charge < -0.3 is 5.32 Å². The molecule has 0 unspecified atom stereocenters. The second kappa shape index (κ2) is 7.99. The number of aryl methyl sites for hydroxylation is 1. The molecule has 0 aliphatic carbocycles. The molecule has 0 radical (unpaired) electrons. The van der Waals surface area contributed by atoms with Crippen molar-refractivity contribution in [3.05, 3.63) is 29.8 Å². The molecule has 0 fully saturated rings. The van der Waals surface area contributed by atoms with Crippen LogP contribution in [0.3, 0.4) is 0 Å². The summed E-state index contributed by atoms with van der Waals surface area (Å²) >= 11 is 3.07. The van der Waals surface area contributed by atoms with Crippen LogP contribution >= 0.6 is 23.1 Å². The lowest BCUT2D eigenvalue weighted by Gasteiger charge is -2.04. The minimum absolute atomic E-state index is 0.305. The molecular weight excluding hydrogens is 304 g/mol. The van der Waals surface area contributed by atoms with Crippen molar-refractivity contribution in [3.8, 4) is 0 Å². The van der Waals surface area contributed by atoms with Gasteiger partial charge in [0.05, 0.1) is 0 Å². The molecular formula is C14H18N4OS2. The Kier molecular flexibility index (Phi) is 6.01. The summed E-state index contributed by atoms with van der Waals surface area (Å²) in [5.41, 5.74) is 1.90. The molecule has 0 aliphatic heterocycles. The third-order valence-corrected chi connectivity index (χ3v) is 4.72. The van der Waals surface area contributed by atoms with E-state index in [1.807, 2.05) is 31.2 Å². The first-order valence-corrected chi connectivity index (χ1v) is 8.58. The normalized spacial score (nSPS) is 10.4. The summed E-state index contributed by atoms with van der Waals surface area (Å²) in [4.78, 5) is 11.8. The zero-order valence-corrected chi connectivity index (χ0v) is 13.7. The lowest BCUT2D eigenvalue weighted by molar-refractivity contribution is 0.262. The number of nitrogens with one attached hydrogen (secondary N) is 2. The summed E-state index contributed by atoms with van der Waals surface area (Å²) < 4.78 is 0.883. The fraction of sp³-hybridized carbons (Fsp3) is 0.357. The number of rotatable bonds is 6. The number of aromatic nitrogens is 2. The molecule has 7 heteroatoms. The minimum Gasteiger partial charge on any atom is -0.308 e. The van der Waals surface area contributed by atoms with E-state index in [0.29, 0.717) is 5.13 Å². The van der Waals surface area contributed by atoms with Crippen LogP contribution in [0.4, 0.5) is 15.6 Å². The van der Waals surface area contributed by atoms with Gasteiger partial charge in [-0.05, 0) is 25.5 Å². The van der Waals surface area contributed by atoms with Crippen LogP contribution in [-0.2, 0) is 0 Å². The van der Waals surface area contributed by atoms with E-state index in [-0.39, 0.29) is 6.03 Å². The van der Waals surface area contributed by atoms with Gasteiger partial charge in [0.25, 0.3) is 0 Å². The highest BCUT2D eigenvalue weighted by molar-refractivity contribution is 8.01. The number of anilines is 2. The molecule has 1 aromatic carbocycles. The molecule has 5 nitrogen and oxygen atoms in total. The molecule has 2 rings (SSSR count). The minimum atomic E-state index is -0.305. The van der Waals surface area contributed by atoms with Crippen LogP contribution in [0.1, 0.15) is 25.3 Å². The van der Waals surface area contributed by atoms with E-state index >= 15 is 0 Å². The number of hydrogen-bond acceptors (Lipinski definition) is 5. The Hall–Kier alpha value is -1.60. The van der Waals surface area contributed by atoms with E-state index in [9.17, 15) is 4.79 Å². The number of urea groups is 1. The number of benzene rings is 1. The first-order chi connectivity index (χ1) is 10.2. The number of amides is 2. The van der Waals surface area contributed by atoms with E-state index < -0.39 is 0 Å². The van der Waals surface area contributed by atoms with E-state index in [1.54, 1.807) is 11.8 Å². The van der Waals surface area contributed by atoms with Gasteiger partial charge in [-0.15, -0.1) is 10.2 Å². The fourth-order valence-corrected chi connectivity index (χ4v) is 3.42. The van der Waals surface area contributed by atoms with Gasteiger partial charge >= 0.3 is 6.03 Å². The molecule has 2 amide bonds. The third-order valence-electron chi connectivity index (χ3n) is 2.66. The van der Waals surface area contributed by atoms with Crippen molar-refractivity contribution in [2.45, 2.75) is 31.0 Å². The van der Waals surface area contributed by atoms with Crippen molar-refractivity contribution in [1.29, 1.82) is 0 Å². The largest absolute Gasteiger partial charge is 0.325 e. The Morgan fingerprint density at radius 2 is 2.00 bits per heavy atom. The van der Waals surface area contributed by atoms with Gasteiger partial charge in [0.1, 0.15) is 0 Å². The van der Waals surface area contributed by atoms with E-state index in [2.05, 4.69) is 27.8 Å². The summed E-state index contributed by atoms with van der Waals surface area (Å²) in [6, 6.07) is 7.31. The van der Waals surface area contributed by atoms with Gasteiger partial charge in [0, 0.05) is 11.4 Å². The fourth-order valence-electron chi connectivity index (χ4n) is 1.52. The first kappa shape index (κ1) is 15.8. The van der Waals surface area contributed by atoms with E-state index in [4.69, 9.17) is 0 Å². The van der Waals surface area contributed by atoms with Crippen LogP contribution < -0.4 is 10.6 Å². The SMILES string of the molecule is CCCCSc1nnc(NC(=O)Nc2ccc(C)cc2)s1.